The van der Waals surface area contributed by atoms with Gasteiger partial charge < -0.3 is 14.6 Å². The second-order valence-corrected chi connectivity index (χ2v) is 4.19. The summed E-state index contributed by atoms with van der Waals surface area (Å²) >= 11 is 6.20. The van der Waals surface area contributed by atoms with Gasteiger partial charge in [-0.1, -0.05) is 11.6 Å². The molecule has 2 aromatic rings. The second kappa shape index (κ2) is 3.78. The molecule has 8 heteroatoms. The third kappa shape index (κ3) is 1.54. The summed E-state index contributed by atoms with van der Waals surface area (Å²) in [5.74, 6) is 1.03. The van der Waals surface area contributed by atoms with E-state index in [1.54, 1.807) is 23.9 Å². The summed E-state index contributed by atoms with van der Waals surface area (Å²) in [6, 6.07) is 1.75. The largest absolute Gasteiger partial charge is 0.485 e. The van der Waals surface area contributed by atoms with E-state index in [9.17, 15) is 5.02 Å². The predicted molar refractivity (Wildman–Crippen MR) is 64.7 cm³/mol. The first-order chi connectivity index (χ1) is 8.18. The van der Waals surface area contributed by atoms with Crippen molar-refractivity contribution < 1.29 is 9.76 Å². The van der Waals surface area contributed by atoms with Crippen molar-refractivity contribution in [1.29, 1.82) is 0 Å². The Morgan fingerprint density at radius 3 is 3.18 bits per heavy atom. The smallest absolute Gasteiger partial charge is 0.410 e. The number of hydrogen-bond acceptors (Lipinski definition) is 5. The van der Waals surface area contributed by atoms with Crippen molar-refractivity contribution in [3.8, 4) is 5.75 Å². The summed E-state index contributed by atoms with van der Waals surface area (Å²) in [6.07, 6.45) is 1.62. The second-order valence-electron chi connectivity index (χ2n) is 3.83. The topological polar surface area (TPSA) is 62.9 Å². The van der Waals surface area contributed by atoms with E-state index in [-0.39, 0.29) is 0 Å². The van der Waals surface area contributed by atoms with Crippen LogP contribution in [0.25, 0.3) is 5.65 Å². The first-order valence-electron chi connectivity index (χ1n) is 5.29. The van der Waals surface area contributed by atoms with E-state index in [1.807, 2.05) is 0 Å². The minimum atomic E-state index is -0.633. The summed E-state index contributed by atoms with van der Waals surface area (Å²) in [5.41, 5.74) is 0.630. The van der Waals surface area contributed by atoms with Gasteiger partial charge in [0.15, 0.2) is 22.4 Å². The summed E-state index contributed by atoms with van der Waals surface area (Å²) in [6.45, 7) is 2.73. The maximum atomic E-state index is 9.70. The van der Waals surface area contributed by atoms with Crippen molar-refractivity contribution in [2.45, 2.75) is 6.82 Å². The molecule has 3 heterocycles. The Balaban J connectivity index is 2.25. The number of fused-ring (bicyclic) bond motifs is 2. The molecule has 0 aliphatic carbocycles. The average molecular weight is 252 g/mol. The summed E-state index contributed by atoms with van der Waals surface area (Å²) in [4.78, 5) is 6.14. The molecule has 3 rings (SSSR count). The molecule has 0 saturated carbocycles. The van der Waals surface area contributed by atoms with E-state index in [2.05, 4.69) is 10.1 Å². The van der Waals surface area contributed by atoms with Crippen LogP contribution in [0, 0.1) is 0 Å². The maximum Gasteiger partial charge on any atom is 0.410 e. The third-order valence-electron chi connectivity index (χ3n) is 2.72. The molecule has 0 fully saturated rings. The van der Waals surface area contributed by atoms with Gasteiger partial charge in [0.2, 0.25) is 0 Å². The van der Waals surface area contributed by atoms with Crippen LogP contribution in [0.1, 0.15) is 0 Å². The van der Waals surface area contributed by atoms with E-state index in [4.69, 9.17) is 16.3 Å². The highest BCUT2D eigenvalue weighted by Gasteiger charge is 2.29. The van der Waals surface area contributed by atoms with Crippen molar-refractivity contribution in [2.75, 3.05) is 18.0 Å². The van der Waals surface area contributed by atoms with Gasteiger partial charge in [-0.15, -0.1) is 0 Å². The van der Waals surface area contributed by atoms with Crippen LogP contribution in [0.2, 0.25) is 12.0 Å². The van der Waals surface area contributed by atoms with Crippen LogP contribution in [-0.4, -0.2) is 39.8 Å². The summed E-state index contributed by atoms with van der Waals surface area (Å²) in [5, 5.41) is 14.1. The minimum Gasteiger partial charge on any atom is -0.485 e. The van der Waals surface area contributed by atoms with Gasteiger partial charge in [-0.3, -0.25) is 0 Å². The standard InChI is InChI=1S/C9H10BClN4O2/c1-10(16)14-4-5-17-7-8(11)15-6(2-3-12-15)13-9(7)14/h2-3,16H,4-5H2,1H3. The Morgan fingerprint density at radius 2 is 2.41 bits per heavy atom. The zero-order valence-corrected chi connectivity index (χ0v) is 9.92. The molecule has 0 atom stereocenters. The highest BCUT2D eigenvalue weighted by Crippen LogP contribution is 2.36. The van der Waals surface area contributed by atoms with Crippen molar-refractivity contribution in [3.63, 3.8) is 0 Å². The van der Waals surface area contributed by atoms with Crippen LogP contribution >= 0.6 is 11.6 Å². The molecule has 0 unspecified atom stereocenters. The lowest BCUT2D eigenvalue weighted by Crippen LogP contribution is -2.43. The molecule has 17 heavy (non-hydrogen) atoms. The molecule has 1 aliphatic rings. The molecule has 0 bridgehead atoms. The average Bonchev–Trinajstić information content (AvgIpc) is 2.77. The lowest BCUT2D eigenvalue weighted by atomic mass is 9.84. The molecule has 0 spiro atoms. The number of rotatable bonds is 1. The Morgan fingerprint density at radius 1 is 1.59 bits per heavy atom. The molecule has 6 nitrogen and oxygen atoms in total. The fraction of sp³-hybridized carbons (Fsp3) is 0.333. The van der Waals surface area contributed by atoms with Gasteiger partial charge in [-0.2, -0.15) is 9.61 Å². The number of nitrogens with zero attached hydrogens (tertiary/aromatic N) is 4. The zero-order valence-electron chi connectivity index (χ0n) is 9.17. The molecule has 1 aliphatic heterocycles. The Kier molecular flexibility index (Phi) is 2.37. The van der Waals surface area contributed by atoms with Gasteiger partial charge in [0.25, 0.3) is 0 Å². The molecule has 1 N–H and O–H groups in total. The van der Waals surface area contributed by atoms with E-state index < -0.39 is 7.05 Å². The molecular formula is C9H10BClN4O2. The van der Waals surface area contributed by atoms with Gasteiger partial charge >= 0.3 is 7.05 Å². The Hall–Kier alpha value is -1.47. The molecule has 0 aromatic carbocycles. The van der Waals surface area contributed by atoms with Crippen LogP contribution in [0.5, 0.6) is 5.75 Å². The predicted octanol–water partition coefficient (Wildman–Crippen LogP) is 0.692. The zero-order chi connectivity index (χ0) is 12.0. The fourth-order valence-corrected chi connectivity index (χ4v) is 2.18. The first kappa shape index (κ1) is 10.7. The number of aromatic nitrogens is 3. The molecule has 0 radical (unpaired) electrons. The van der Waals surface area contributed by atoms with Crippen LogP contribution in [-0.2, 0) is 0 Å². The highest BCUT2D eigenvalue weighted by atomic mass is 35.5. The minimum absolute atomic E-state index is 0.375. The van der Waals surface area contributed by atoms with Crippen molar-refractivity contribution in [1.82, 2.24) is 14.6 Å². The lowest BCUT2D eigenvalue weighted by Gasteiger charge is -2.31. The van der Waals surface area contributed by atoms with E-state index in [0.29, 0.717) is 35.5 Å². The van der Waals surface area contributed by atoms with Crippen molar-refractivity contribution in [3.05, 3.63) is 17.4 Å². The van der Waals surface area contributed by atoms with Gasteiger partial charge in [-0.25, -0.2) is 4.98 Å². The van der Waals surface area contributed by atoms with E-state index in [0.717, 1.165) is 0 Å². The normalized spacial score (nSPS) is 14.6. The molecule has 0 saturated heterocycles. The monoisotopic (exact) mass is 252 g/mol. The van der Waals surface area contributed by atoms with E-state index in [1.165, 1.54) is 4.52 Å². The van der Waals surface area contributed by atoms with Crippen LogP contribution < -0.4 is 9.55 Å². The fourth-order valence-electron chi connectivity index (χ4n) is 1.91. The first-order valence-corrected chi connectivity index (χ1v) is 5.67. The number of ether oxygens (including phenoxy) is 1. The lowest BCUT2D eigenvalue weighted by molar-refractivity contribution is 0.309. The third-order valence-corrected chi connectivity index (χ3v) is 3.05. The Bertz CT molecular complexity index is 573. The number of halogens is 1. The number of hydrogen-bond donors (Lipinski definition) is 1. The van der Waals surface area contributed by atoms with Gasteiger partial charge in [0.05, 0.1) is 6.20 Å². The van der Waals surface area contributed by atoms with Crippen molar-refractivity contribution in [2.24, 2.45) is 0 Å². The van der Waals surface area contributed by atoms with Crippen LogP contribution in [0.3, 0.4) is 0 Å². The number of anilines is 1. The van der Waals surface area contributed by atoms with E-state index >= 15 is 0 Å². The molecule has 88 valence electrons. The van der Waals surface area contributed by atoms with Crippen LogP contribution in [0.15, 0.2) is 12.3 Å². The van der Waals surface area contributed by atoms with Gasteiger partial charge in [0, 0.05) is 12.6 Å². The summed E-state index contributed by atoms with van der Waals surface area (Å²) in [7, 11) is -0.633. The Labute approximate surface area is 103 Å². The summed E-state index contributed by atoms with van der Waals surface area (Å²) < 4.78 is 7.01. The van der Waals surface area contributed by atoms with Gasteiger partial charge in [0.1, 0.15) is 6.61 Å². The van der Waals surface area contributed by atoms with Crippen LogP contribution in [0.4, 0.5) is 5.82 Å². The molecule has 0 amide bonds. The SMILES string of the molecule is CB(O)N1CCOc2c1nc1ccnn1c2Cl. The quantitative estimate of drug-likeness (QED) is 0.598. The maximum absolute atomic E-state index is 9.70. The molecular weight excluding hydrogens is 242 g/mol. The molecule has 2 aromatic heterocycles. The van der Waals surface area contributed by atoms with Crippen molar-refractivity contribution >= 4 is 30.1 Å². The highest BCUT2D eigenvalue weighted by molar-refractivity contribution is 6.54. The van der Waals surface area contributed by atoms with Gasteiger partial charge in [-0.05, 0) is 6.82 Å².